The van der Waals surface area contributed by atoms with E-state index in [0.29, 0.717) is 5.92 Å². The Labute approximate surface area is 201 Å². The van der Waals surface area contributed by atoms with Crippen LogP contribution in [0.3, 0.4) is 0 Å². The molecule has 0 aliphatic heterocycles. The Hall–Kier alpha value is -1.09. The van der Waals surface area contributed by atoms with E-state index in [4.69, 9.17) is 4.43 Å². The third-order valence-corrected chi connectivity index (χ3v) is 8.56. The highest BCUT2D eigenvalue weighted by molar-refractivity contribution is 6.71. The van der Waals surface area contributed by atoms with E-state index < -0.39 is 13.7 Å². The fraction of sp³-hybridized carbons (Fsp3) is 0.759. The molecule has 1 aromatic carbocycles. The molecule has 0 bridgehead atoms. The third kappa shape index (κ3) is 6.95. The number of carbonyl (C=O) groups is 1. The Morgan fingerprint density at radius 3 is 1.69 bits per heavy atom. The van der Waals surface area contributed by atoms with Crippen molar-refractivity contribution in [1.29, 1.82) is 0 Å². The summed E-state index contributed by atoms with van der Waals surface area (Å²) in [6, 6.07) is 10.9. The lowest BCUT2D eigenvalue weighted by atomic mass is 9.48. The van der Waals surface area contributed by atoms with Gasteiger partial charge in [0, 0.05) is 0 Å². The molecule has 0 N–H and O–H groups in total. The predicted molar refractivity (Wildman–Crippen MR) is 142 cm³/mol. The summed E-state index contributed by atoms with van der Waals surface area (Å²) in [5, 5.41) is 0. The van der Waals surface area contributed by atoms with E-state index in [1.165, 1.54) is 5.56 Å². The van der Waals surface area contributed by atoms with E-state index in [-0.39, 0.29) is 27.6 Å². The maximum absolute atomic E-state index is 13.8. The summed E-state index contributed by atoms with van der Waals surface area (Å²) in [7, 11) is -2.01. The number of hydrogen-bond acceptors (Lipinski definition) is 2. The second-order valence-electron chi connectivity index (χ2n) is 14.6. The maximum atomic E-state index is 13.8. The largest absolute Gasteiger partial charge is 0.519 e. The van der Waals surface area contributed by atoms with Crippen LogP contribution in [0, 0.1) is 27.1 Å². The molecule has 0 saturated carbocycles. The second kappa shape index (κ2) is 9.28. The minimum atomic E-state index is -2.01. The quantitative estimate of drug-likeness (QED) is 0.361. The molecule has 1 aromatic rings. The van der Waals surface area contributed by atoms with Gasteiger partial charge in [-0.1, -0.05) is 99.6 Å². The molecule has 2 nitrogen and oxygen atoms in total. The molecule has 0 amide bonds. The van der Waals surface area contributed by atoms with Crippen LogP contribution in [0.15, 0.2) is 30.3 Å². The maximum Gasteiger partial charge on any atom is 0.299 e. The van der Waals surface area contributed by atoms with Crippen LogP contribution in [-0.4, -0.2) is 14.3 Å². The highest BCUT2D eigenvalue weighted by atomic mass is 28.4. The van der Waals surface area contributed by atoms with Crippen LogP contribution in [0.2, 0.25) is 19.6 Å². The molecular formula is C29H52O2Si. The summed E-state index contributed by atoms with van der Waals surface area (Å²) in [4.78, 5) is 13.8. The van der Waals surface area contributed by atoms with Crippen molar-refractivity contribution < 1.29 is 9.22 Å². The Balaban J connectivity index is 3.53. The number of hydrogen-bond donors (Lipinski definition) is 0. The van der Waals surface area contributed by atoms with Gasteiger partial charge in [0.2, 0.25) is 8.32 Å². The lowest BCUT2D eigenvalue weighted by molar-refractivity contribution is -0.165. The van der Waals surface area contributed by atoms with Gasteiger partial charge in [-0.15, -0.1) is 0 Å². The molecule has 2 unspecified atom stereocenters. The first-order valence-corrected chi connectivity index (χ1v) is 15.7. The molecule has 2 atom stereocenters. The lowest BCUT2D eigenvalue weighted by Gasteiger charge is -2.56. The van der Waals surface area contributed by atoms with Crippen molar-refractivity contribution in [2.75, 3.05) is 0 Å². The van der Waals surface area contributed by atoms with Crippen LogP contribution >= 0.6 is 0 Å². The molecule has 1 rings (SSSR count). The Bertz CT molecular complexity index is 757. The minimum absolute atomic E-state index is 0.0170. The van der Waals surface area contributed by atoms with Gasteiger partial charge in [-0.3, -0.25) is 4.79 Å². The average Bonchev–Trinajstić information content (AvgIpc) is 2.56. The summed E-state index contributed by atoms with van der Waals surface area (Å²) in [6.07, 6.45) is 1.80. The van der Waals surface area contributed by atoms with Crippen LogP contribution in [0.1, 0.15) is 100 Å². The SMILES string of the molecule is CC(C)(C)CC(C)(C(=O)O[Si](C)(C)C)C(C)(C)C(C)(C)CC(c1ccccc1)C(C)(C)C. The van der Waals surface area contributed by atoms with Gasteiger partial charge in [0.15, 0.2) is 0 Å². The number of rotatable bonds is 8. The number of carbonyl (C=O) groups excluding carboxylic acids is 1. The first-order chi connectivity index (χ1) is 14.0. The zero-order chi connectivity index (χ0) is 25.4. The van der Waals surface area contributed by atoms with E-state index in [1.807, 2.05) is 0 Å². The molecule has 0 fully saturated rings. The lowest BCUT2D eigenvalue weighted by Crippen LogP contribution is -2.54. The molecule has 0 radical (unpaired) electrons. The van der Waals surface area contributed by atoms with Crippen molar-refractivity contribution >= 4 is 14.3 Å². The highest BCUT2D eigenvalue weighted by Gasteiger charge is 2.57. The molecule has 3 heteroatoms. The minimum Gasteiger partial charge on any atom is -0.519 e. The van der Waals surface area contributed by atoms with Crippen LogP contribution in [0.5, 0.6) is 0 Å². The summed E-state index contributed by atoms with van der Waals surface area (Å²) in [5.41, 5.74) is 0.554. The van der Waals surface area contributed by atoms with Gasteiger partial charge in [0.05, 0.1) is 5.41 Å². The summed E-state index contributed by atoms with van der Waals surface area (Å²) >= 11 is 0. The molecule has 0 aromatic heterocycles. The van der Waals surface area contributed by atoms with Gasteiger partial charge < -0.3 is 4.43 Å². The van der Waals surface area contributed by atoms with Crippen LogP contribution < -0.4 is 0 Å². The van der Waals surface area contributed by atoms with Crippen molar-refractivity contribution in [2.24, 2.45) is 27.1 Å². The van der Waals surface area contributed by atoms with Crippen LogP contribution in [0.25, 0.3) is 0 Å². The number of benzene rings is 1. The molecule has 0 saturated heterocycles. The monoisotopic (exact) mass is 460 g/mol. The van der Waals surface area contributed by atoms with Gasteiger partial charge in [0.1, 0.15) is 0 Å². The van der Waals surface area contributed by atoms with Gasteiger partial charge in [0.25, 0.3) is 5.97 Å². The van der Waals surface area contributed by atoms with Crippen molar-refractivity contribution in [1.82, 2.24) is 0 Å². The van der Waals surface area contributed by atoms with Crippen molar-refractivity contribution in [3.63, 3.8) is 0 Å². The fourth-order valence-corrected chi connectivity index (χ4v) is 5.90. The van der Waals surface area contributed by atoms with E-state index in [0.717, 1.165) is 12.8 Å². The fourth-order valence-electron chi connectivity index (χ4n) is 5.12. The Morgan fingerprint density at radius 2 is 1.31 bits per heavy atom. The van der Waals surface area contributed by atoms with Crippen LogP contribution in [-0.2, 0) is 9.22 Å². The van der Waals surface area contributed by atoms with E-state index in [9.17, 15) is 4.79 Å². The Morgan fingerprint density at radius 1 is 0.844 bits per heavy atom. The molecular weight excluding hydrogens is 408 g/mol. The first kappa shape index (κ1) is 28.9. The predicted octanol–water partition coefficient (Wildman–Crippen LogP) is 9.08. The van der Waals surface area contributed by atoms with E-state index >= 15 is 0 Å². The zero-order valence-electron chi connectivity index (χ0n) is 23.7. The summed E-state index contributed by atoms with van der Waals surface area (Å²) in [5.74, 6) is 0.376. The second-order valence-corrected chi connectivity index (χ2v) is 19.0. The molecule has 184 valence electrons. The summed E-state index contributed by atoms with van der Waals surface area (Å²) < 4.78 is 6.19. The van der Waals surface area contributed by atoms with Gasteiger partial charge >= 0.3 is 0 Å². The molecule has 32 heavy (non-hydrogen) atoms. The van der Waals surface area contributed by atoms with Crippen molar-refractivity contribution in [3.05, 3.63) is 35.9 Å². The van der Waals surface area contributed by atoms with Gasteiger partial charge in [-0.25, -0.2) is 0 Å². The smallest absolute Gasteiger partial charge is 0.299 e. The molecule has 0 aliphatic carbocycles. The van der Waals surface area contributed by atoms with Crippen LogP contribution in [0.4, 0.5) is 0 Å². The van der Waals surface area contributed by atoms with E-state index in [1.54, 1.807) is 0 Å². The molecule has 0 spiro atoms. The molecule has 0 heterocycles. The first-order valence-electron chi connectivity index (χ1n) is 12.3. The normalized spacial score (nSPS) is 16.9. The summed E-state index contributed by atoms with van der Waals surface area (Å²) in [6.45, 7) is 31.5. The van der Waals surface area contributed by atoms with Gasteiger partial charge in [-0.05, 0) is 72.5 Å². The van der Waals surface area contributed by atoms with Crippen molar-refractivity contribution in [3.8, 4) is 0 Å². The van der Waals surface area contributed by atoms with Gasteiger partial charge in [-0.2, -0.15) is 0 Å². The highest BCUT2D eigenvalue weighted by Crippen LogP contribution is 2.60. The Kier molecular flexibility index (Phi) is 8.39. The topological polar surface area (TPSA) is 26.3 Å². The standard InChI is InChI=1S/C29H52O2Si/c1-25(2,3)21-29(11,24(30)31-32(12,13)14)28(9,10)27(7,8)20-23(26(4,5)6)22-18-16-15-17-19-22/h15-19,23H,20-21H2,1-14H3. The zero-order valence-corrected chi connectivity index (χ0v) is 24.7. The molecule has 0 aliphatic rings. The third-order valence-electron chi connectivity index (χ3n) is 7.77. The average molecular weight is 461 g/mol. The van der Waals surface area contributed by atoms with E-state index in [2.05, 4.69) is 126 Å². The van der Waals surface area contributed by atoms with Crippen molar-refractivity contribution in [2.45, 2.75) is 115 Å².